The molecule has 0 radical (unpaired) electrons. The number of aliphatic hydroxyl groups excluding tert-OH is 8. The summed E-state index contributed by atoms with van der Waals surface area (Å²) in [4.78, 5) is 13.1. The van der Waals surface area contributed by atoms with E-state index in [1.54, 1.807) is 6.08 Å². The molecule has 0 aromatic heterocycles. The fourth-order valence-corrected chi connectivity index (χ4v) is 7.16. The zero-order chi connectivity index (χ0) is 44.7. The van der Waals surface area contributed by atoms with E-state index in [2.05, 4.69) is 67.8 Å². The maximum atomic E-state index is 13.1. The number of amides is 1. The molecule has 2 saturated heterocycles. The Labute approximate surface area is 365 Å². The molecule has 0 aromatic rings. The molecule has 9 N–H and O–H groups in total. The zero-order valence-electron chi connectivity index (χ0n) is 36.9. The van der Waals surface area contributed by atoms with Gasteiger partial charge in [0, 0.05) is 6.42 Å². The van der Waals surface area contributed by atoms with Gasteiger partial charge in [0.15, 0.2) is 12.6 Å². The predicted molar refractivity (Wildman–Crippen MR) is 235 cm³/mol. The molecule has 2 heterocycles. The highest BCUT2D eigenvalue weighted by molar-refractivity contribution is 5.76. The van der Waals surface area contributed by atoms with Crippen LogP contribution in [-0.4, -0.2) is 140 Å². The molecule has 2 aliphatic rings. The molecular weight excluding hydrogens is 787 g/mol. The molecule has 14 nitrogen and oxygen atoms in total. The highest BCUT2D eigenvalue weighted by Gasteiger charge is 2.50. The largest absolute Gasteiger partial charge is 0.394 e. The van der Waals surface area contributed by atoms with Crippen LogP contribution in [0.1, 0.15) is 136 Å². The van der Waals surface area contributed by atoms with Gasteiger partial charge in [0.25, 0.3) is 0 Å². The van der Waals surface area contributed by atoms with E-state index in [9.17, 15) is 45.6 Å². The van der Waals surface area contributed by atoms with Crippen LogP contribution in [0.4, 0.5) is 0 Å². The van der Waals surface area contributed by atoms with Gasteiger partial charge < -0.3 is 65.1 Å². The van der Waals surface area contributed by atoms with Crippen LogP contribution in [0.15, 0.2) is 60.8 Å². The maximum absolute atomic E-state index is 13.1. The molecular formula is C47H81NO13. The molecule has 61 heavy (non-hydrogen) atoms. The Morgan fingerprint density at radius 1 is 0.607 bits per heavy atom. The first-order chi connectivity index (χ1) is 29.6. The summed E-state index contributed by atoms with van der Waals surface area (Å²) >= 11 is 0. The van der Waals surface area contributed by atoms with Crippen LogP contribution in [0.3, 0.4) is 0 Å². The van der Waals surface area contributed by atoms with Gasteiger partial charge >= 0.3 is 0 Å². The quantitative estimate of drug-likeness (QED) is 0.0322. The summed E-state index contributed by atoms with van der Waals surface area (Å²) < 4.78 is 22.6. The van der Waals surface area contributed by atoms with Gasteiger partial charge in [0.2, 0.25) is 5.91 Å². The standard InChI is InChI=1S/C47H81NO13/c1-3-5-7-9-11-13-14-15-16-17-18-19-20-21-22-23-25-27-29-31-39(52)48-35(36(51)30-28-26-24-12-10-8-6-4-2)34-58-46-44(57)42(55)45(38(33-50)60-46)61-47-43(56)41(54)40(53)37(32-49)59-47/h5,7,11,13,15-16,18-19,28,30,35-38,40-47,49-51,53-57H,3-4,6,8-10,12,14,17,20-27,29,31-34H2,1-2H3,(H,48,52)/b7-5-,13-11-,16-15-,19-18-,30-28+. The van der Waals surface area contributed by atoms with Gasteiger partial charge in [0.05, 0.1) is 32.0 Å². The smallest absolute Gasteiger partial charge is 0.220 e. The minimum absolute atomic E-state index is 0.261. The van der Waals surface area contributed by atoms with Crippen LogP contribution >= 0.6 is 0 Å². The fourth-order valence-electron chi connectivity index (χ4n) is 7.16. The van der Waals surface area contributed by atoms with Crippen molar-refractivity contribution in [3.63, 3.8) is 0 Å². The number of nitrogens with one attached hydrogen (secondary N) is 1. The minimum Gasteiger partial charge on any atom is -0.394 e. The van der Waals surface area contributed by atoms with E-state index in [-0.39, 0.29) is 18.9 Å². The van der Waals surface area contributed by atoms with Gasteiger partial charge in [-0.25, -0.2) is 0 Å². The molecule has 0 saturated carbocycles. The molecule has 12 atom stereocenters. The summed E-state index contributed by atoms with van der Waals surface area (Å²) in [7, 11) is 0. The maximum Gasteiger partial charge on any atom is 0.220 e. The number of carbonyl (C=O) groups is 1. The predicted octanol–water partition coefficient (Wildman–Crippen LogP) is 4.71. The Bertz CT molecular complexity index is 1260. The SMILES string of the molecule is CC/C=C\C/C=C\C/C=C\C/C=C\CCCCCCCCC(=O)NC(COC1OC(CO)C(OC2OC(CO)C(O)C(O)C2O)C(O)C1O)C(O)/C=C/CCCCCCCC. The van der Waals surface area contributed by atoms with Crippen molar-refractivity contribution >= 4 is 5.91 Å². The third-order valence-electron chi connectivity index (χ3n) is 11.0. The number of hydrogen-bond acceptors (Lipinski definition) is 13. The number of allylic oxidation sites excluding steroid dienone is 9. The van der Waals surface area contributed by atoms with E-state index in [4.69, 9.17) is 18.9 Å². The molecule has 12 unspecified atom stereocenters. The lowest BCUT2D eigenvalue weighted by Gasteiger charge is -2.46. The first-order valence-electron chi connectivity index (χ1n) is 23.0. The molecule has 2 fully saturated rings. The van der Waals surface area contributed by atoms with E-state index in [0.29, 0.717) is 6.42 Å². The van der Waals surface area contributed by atoms with Crippen molar-refractivity contribution in [3.8, 4) is 0 Å². The van der Waals surface area contributed by atoms with Crippen molar-refractivity contribution in [2.24, 2.45) is 0 Å². The van der Waals surface area contributed by atoms with E-state index < -0.39 is 86.8 Å². The van der Waals surface area contributed by atoms with Crippen LogP contribution in [0.25, 0.3) is 0 Å². The van der Waals surface area contributed by atoms with Crippen molar-refractivity contribution in [2.45, 2.75) is 209 Å². The Balaban J connectivity index is 1.84. The summed E-state index contributed by atoms with van der Waals surface area (Å²) in [5, 5.41) is 86.3. The summed E-state index contributed by atoms with van der Waals surface area (Å²) in [5.41, 5.74) is 0. The molecule has 2 rings (SSSR count). The first-order valence-corrected chi connectivity index (χ1v) is 23.0. The van der Waals surface area contributed by atoms with Crippen molar-refractivity contribution in [2.75, 3.05) is 19.8 Å². The minimum atomic E-state index is -1.79. The molecule has 2 aliphatic heterocycles. The van der Waals surface area contributed by atoms with Gasteiger partial charge in [-0.1, -0.05) is 132 Å². The summed E-state index contributed by atoms with van der Waals surface area (Å²) in [6, 6.07) is -0.921. The second-order valence-corrected chi connectivity index (χ2v) is 16.1. The number of rotatable bonds is 33. The third-order valence-corrected chi connectivity index (χ3v) is 11.0. The molecule has 0 spiro atoms. The van der Waals surface area contributed by atoms with Gasteiger partial charge in [-0.3, -0.25) is 4.79 Å². The Morgan fingerprint density at radius 3 is 1.74 bits per heavy atom. The highest BCUT2D eigenvalue weighted by Crippen LogP contribution is 2.30. The van der Waals surface area contributed by atoms with Crippen LogP contribution in [-0.2, 0) is 23.7 Å². The van der Waals surface area contributed by atoms with E-state index in [1.807, 2.05) is 6.08 Å². The third kappa shape index (κ3) is 22.2. The number of ether oxygens (including phenoxy) is 4. The summed E-state index contributed by atoms with van der Waals surface area (Å²) in [6.45, 7) is 2.58. The van der Waals surface area contributed by atoms with Crippen LogP contribution in [0, 0.1) is 0 Å². The molecule has 352 valence electrons. The molecule has 14 heteroatoms. The topological polar surface area (TPSA) is 228 Å². The van der Waals surface area contributed by atoms with E-state index in [1.165, 1.54) is 19.3 Å². The molecule has 0 aliphatic carbocycles. The van der Waals surface area contributed by atoms with Crippen molar-refractivity contribution < 1.29 is 64.6 Å². The van der Waals surface area contributed by atoms with Gasteiger partial charge in [0.1, 0.15) is 48.8 Å². The van der Waals surface area contributed by atoms with Gasteiger partial charge in [-0.2, -0.15) is 0 Å². The monoisotopic (exact) mass is 868 g/mol. The second kappa shape index (κ2) is 34.1. The highest BCUT2D eigenvalue weighted by atomic mass is 16.7. The number of unbranched alkanes of at least 4 members (excludes halogenated alkanes) is 12. The van der Waals surface area contributed by atoms with Gasteiger partial charge in [-0.05, 0) is 57.8 Å². The van der Waals surface area contributed by atoms with Crippen molar-refractivity contribution in [1.29, 1.82) is 0 Å². The Morgan fingerprint density at radius 2 is 1.13 bits per heavy atom. The lowest BCUT2D eigenvalue weighted by atomic mass is 9.97. The average molecular weight is 868 g/mol. The Hall–Kier alpha value is -2.31. The van der Waals surface area contributed by atoms with E-state index in [0.717, 1.165) is 89.9 Å². The first kappa shape index (κ1) is 54.8. The second-order valence-electron chi connectivity index (χ2n) is 16.1. The summed E-state index contributed by atoms with van der Waals surface area (Å²) in [5.74, 6) is -0.261. The molecule has 1 amide bonds. The fraction of sp³-hybridized carbons (Fsp3) is 0.766. The number of aliphatic hydroxyl groups is 8. The number of carbonyl (C=O) groups excluding carboxylic acids is 1. The zero-order valence-corrected chi connectivity index (χ0v) is 36.9. The lowest BCUT2D eigenvalue weighted by molar-refractivity contribution is -0.359. The van der Waals surface area contributed by atoms with Crippen LogP contribution in [0.2, 0.25) is 0 Å². The van der Waals surface area contributed by atoms with Gasteiger partial charge in [-0.15, -0.1) is 0 Å². The Kier molecular flexibility index (Phi) is 30.7. The number of hydrogen-bond donors (Lipinski definition) is 9. The molecule has 0 aromatic carbocycles. The lowest BCUT2D eigenvalue weighted by Crippen LogP contribution is -2.65. The average Bonchev–Trinajstić information content (AvgIpc) is 3.26. The normalized spacial score (nSPS) is 28.6. The van der Waals surface area contributed by atoms with Crippen molar-refractivity contribution in [3.05, 3.63) is 60.8 Å². The summed E-state index contributed by atoms with van der Waals surface area (Å²) in [6.07, 6.45) is 22.8. The van der Waals surface area contributed by atoms with Crippen LogP contribution < -0.4 is 5.32 Å². The van der Waals surface area contributed by atoms with Crippen molar-refractivity contribution in [1.82, 2.24) is 5.32 Å². The molecule has 0 bridgehead atoms. The van der Waals surface area contributed by atoms with E-state index >= 15 is 0 Å². The van der Waals surface area contributed by atoms with Crippen LogP contribution in [0.5, 0.6) is 0 Å².